The van der Waals surface area contributed by atoms with Gasteiger partial charge in [0.2, 0.25) is 0 Å². The van der Waals surface area contributed by atoms with Crippen molar-refractivity contribution in [3.63, 3.8) is 0 Å². The number of amides is 3. The number of urea groups is 1. The second-order valence-electron chi connectivity index (χ2n) is 4.88. The SMILES string of the molecule is CC(CNC(=O)c1ccc(N2CCNC2=O)cc1)C(=O)O. The number of hydrogen-bond acceptors (Lipinski definition) is 3. The van der Waals surface area contributed by atoms with Gasteiger partial charge in [-0.25, -0.2) is 4.79 Å². The van der Waals surface area contributed by atoms with Gasteiger partial charge < -0.3 is 15.7 Å². The van der Waals surface area contributed by atoms with Crippen LogP contribution in [0.15, 0.2) is 24.3 Å². The summed E-state index contributed by atoms with van der Waals surface area (Å²) < 4.78 is 0. The molecular weight excluding hydrogens is 274 g/mol. The van der Waals surface area contributed by atoms with E-state index in [0.29, 0.717) is 18.7 Å². The van der Waals surface area contributed by atoms with Crippen molar-refractivity contribution in [3.05, 3.63) is 29.8 Å². The molecule has 1 unspecified atom stereocenters. The fraction of sp³-hybridized carbons (Fsp3) is 0.357. The number of aliphatic carboxylic acids is 1. The molecule has 3 N–H and O–H groups in total. The summed E-state index contributed by atoms with van der Waals surface area (Å²) in [6, 6.07) is 6.46. The number of benzene rings is 1. The zero-order valence-electron chi connectivity index (χ0n) is 11.6. The summed E-state index contributed by atoms with van der Waals surface area (Å²) in [5.41, 5.74) is 1.15. The summed E-state index contributed by atoms with van der Waals surface area (Å²) in [6.45, 7) is 2.80. The molecule has 0 aliphatic carbocycles. The average molecular weight is 291 g/mol. The Morgan fingerprint density at radius 2 is 2.05 bits per heavy atom. The number of nitrogens with zero attached hydrogens (tertiary/aromatic N) is 1. The quantitative estimate of drug-likeness (QED) is 0.742. The molecule has 7 nitrogen and oxygen atoms in total. The molecule has 1 atom stereocenters. The van der Waals surface area contributed by atoms with E-state index in [1.807, 2.05) is 0 Å². The molecular formula is C14H17N3O4. The summed E-state index contributed by atoms with van der Waals surface area (Å²) >= 11 is 0. The van der Waals surface area contributed by atoms with Crippen molar-refractivity contribution in [3.8, 4) is 0 Å². The van der Waals surface area contributed by atoms with Crippen molar-refractivity contribution >= 4 is 23.6 Å². The van der Waals surface area contributed by atoms with E-state index in [9.17, 15) is 14.4 Å². The Hall–Kier alpha value is -2.57. The number of rotatable bonds is 5. The van der Waals surface area contributed by atoms with E-state index in [1.54, 1.807) is 29.2 Å². The third-order valence-electron chi connectivity index (χ3n) is 3.29. The largest absolute Gasteiger partial charge is 0.481 e. The van der Waals surface area contributed by atoms with Crippen molar-refractivity contribution in [2.45, 2.75) is 6.92 Å². The van der Waals surface area contributed by atoms with E-state index in [-0.39, 0.29) is 18.5 Å². The highest BCUT2D eigenvalue weighted by Crippen LogP contribution is 2.17. The first-order valence-electron chi connectivity index (χ1n) is 6.65. The first kappa shape index (κ1) is 14.8. The lowest BCUT2D eigenvalue weighted by atomic mass is 10.1. The van der Waals surface area contributed by atoms with Gasteiger partial charge in [-0.3, -0.25) is 14.5 Å². The van der Waals surface area contributed by atoms with Crippen LogP contribution >= 0.6 is 0 Å². The predicted molar refractivity (Wildman–Crippen MR) is 76.3 cm³/mol. The van der Waals surface area contributed by atoms with Gasteiger partial charge >= 0.3 is 12.0 Å². The summed E-state index contributed by atoms with van der Waals surface area (Å²) in [5.74, 6) is -1.92. The van der Waals surface area contributed by atoms with Gasteiger partial charge in [-0.15, -0.1) is 0 Å². The predicted octanol–water partition coefficient (Wildman–Crippen LogP) is 0.667. The first-order chi connectivity index (χ1) is 9.99. The van der Waals surface area contributed by atoms with Crippen LogP contribution in [-0.4, -0.2) is 42.6 Å². The van der Waals surface area contributed by atoms with Crippen LogP contribution in [0.2, 0.25) is 0 Å². The Labute approximate surface area is 121 Å². The first-order valence-corrected chi connectivity index (χ1v) is 6.65. The molecule has 0 spiro atoms. The van der Waals surface area contributed by atoms with Crippen molar-refractivity contribution in [2.75, 3.05) is 24.5 Å². The minimum atomic E-state index is -0.953. The summed E-state index contributed by atoms with van der Waals surface area (Å²) in [4.78, 5) is 35.7. The number of anilines is 1. The fourth-order valence-corrected chi connectivity index (χ4v) is 1.95. The molecule has 21 heavy (non-hydrogen) atoms. The Kier molecular flexibility index (Phi) is 4.42. The average Bonchev–Trinajstić information content (AvgIpc) is 2.90. The van der Waals surface area contributed by atoms with Crippen LogP contribution < -0.4 is 15.5 Å². The zero-order valence-corrected chi connectivity index (χ0v) is 11.6. The minimum absolute atomic E-state index is 0.0739. The topological polar surface area (TPSA) is 98.7 Å². The van der Waals surface area contributed by atoms with Crippen LogP contribution in [0.25, 0.3) is 0 Å². The van der Waals surface area contributed by atoms with E-state index in [2.05, 4.69) is 10.6 Å². The lowest BCUT2D eigenvalue weighted by molar-refractivity contribution is -0.140. The molecule has 1 saturated heterocycles. The van der Waals surface area contributed by atoms with Crippen molar-refractivity contribution < 1.29 is 19.5 Å². The molecule has 3 amide bonds. The van der Waals surface area contributed by atoms with E-state index in [4.69, 9.17) is 5.11 Å². The maximum absolute atomic E-state index is 11.9. The van der Waals surface area contributed by atoms with Crippen molar-refractivity contribution in [1.82, 2.24) is 10.6 Å². The van der Waals surface area contributed by atoms with E-state index >= 15 is 0 Å². The third-order valence-corrected chi connectivity index (χ3v) is 3.29. The van der Waals surface area contributed by atoms with Crippen LogP contribution in [0.5, 0.6) is 0 Å². The van der Waals surface area contributed by atoms with Crippen LogP contribution in [0, 0.1) is 5.92 Å². The van der Waals surface area contributed by atoms with Crippen LogP contribution in [0.1, 0.15) is 17.3 Å². The highest BCUT2D eigenvalue weighted by molar-refractivity contribution is 5.97. The smallest absolute Gasteiger partial charge is 0.321 e. The molecule has 0 bridgehead atoms. The standard InChI is InChI=1S/C14H17N3O4/c1-9(13(19)20)8-16-12(18)10-2-4-11(5-3-10)17-7-6-15-14(17)21/h2-5,9H,6-8H2,1H3,(H,15,21)(H,16,18)(H,19,20). The monoisotopic (exact) mass is 291 g/mol. The number of nitrogens with one attached hydrogen (secondary N) is 2. The summed E-state index contributed by atoms with van der Waals surface area (Å²) in [7, 11) is 0. The molecule has 0 aromatic heterocycles. The molecule has 1 aromatic rings. The zero-order chi connectivity index (χ0) is 15.4. The number of carboxylic acids is 1. The number of carbonyl (C=O) groups is 3. The molecule has 0 saturated carbocycles. The minimum Gasteiger partial charge on any atom is -0.481 e. The van der Waals surface area contributed by atoms with E-state index < -0.39 is 11.9 Å². The van der Waals surface area contributed by atoms with Crippen LogP contribution in [-0.2, 0) is 4.79 Å². The molecule has 112 valence electrons. The normalized spacial score (nSPS) is 15.5. The Morgan fingerprint density at radius 3 is 2.57 bits per heavy atom. The summed E-state index contributed by atoms with van der Waals surface area (Å²) in [5, 5.41) is 14.0. The van der Waals surface area contributed by atoms with Crippen LogP contribution in [0.3, 0.4) is 0 Å². The number of carbonyl (C=O) groups excluding carboxylic acids is 2. The van der Waals surface area contributed by atoms with Gasteiger partial charge in [0.15, 0.2) is 0 Å². The molecule has 0 radical (unpaired) electrons. The highest BCUT2D eigenvalue weighted by atomic mass is 16.4. The van der Waals surface area contributed by atoms with Gasteiger partial charge in [-0.05, 0) is 24.3 Å². The number of hydrogen-bond donors (Lipinski definition) is 3. The summed E-state index contributed by atoms with van der Waals surface area (Å²) in [6.07, 6.45) is 0. The molecule has 1 aromatic carbocycles. The maximum atomic E-state index is 11.9. The van der Waals surface area contributed by atoms with Crippen molar-refractivity contribution in [2.24, 2.45) is 5.92 Å². The van der Waals surface area contributed by atoms with Gasteiger partial charge in [0.05, 0.1) is 5.92 Å². The van der Waals surface area contributed by atoms with E-state index in [0.717, 1.165) is 5.69 Å². The van der Waals surface area contributed by atoms with Crippen molar-refractivity contribution in [1.29, 1.82) is 0 Å². The number of carboxylic acid groups (broad SMARTS) is 1. The van der Waals surface area contributed by atoms with Crippen LogP contribution in [0.4, 0.5) is 10.5 Å². The molecule has 1 aliphatic rings. The Morgan fingerprint density at radius 1 is 1.38 bits per heavy atom. The van der Waals surface area contributed by atoms with Gasteiger partial charge in [0.1, 0.15) is 0 Å². The molecule has 1 fully saturated rings. The second kappa shape index (κ2) is 6.25. The lowest BCUT2D eigenvalue weighted by Crippen LogP contribution is -2.31. The van der Waals surface area contributed by atoms with E-state index in [1.165, 1.54) is 6.92 Å². The second-order valence-corrected chi connectivity index (χ2v) is 4.88. The molecule has 7 heteroatoms. The molecule has 1 heterocycles. The van der Waals surface area contributed by atoms with Gasteiger partial charge in [0.25, 0.3) is 5.91 Å². The highest BCUT2D eigenvalue weighted by Gasteiger charge is 2.21. The van der Waals surface area contributed by atoms with Gasteiger partial charge in [-0.2, -0.15) is 0 Å². The molecule has 1 aliphatic heterocycles. The maximum Gasteiger partial charge on any atom is 0.321 e. The lowest BCUT2D eigenvalue weighted by Gasteiger charge is -2.14. The Balaban J connectivity index is 1.97. The fourth-order valence-electron chi connectivity index (χ4n) is 1.95. The third kappa shape index (κ3) is 3.50. The van der Waals surface area contributed by atoms with Gasteiger partial charge in [0, 0.05) is 30.9 Å². The molecule has 2 rings (SSSR count). The Bertz CT molecular complexity index is 556. The van der Waals surface area contributed by atoms with Gasteiger partial charge in [-0.1, -0.05) is 6.92 Å².